The number of likely N-dealkylation sites (tertiary alicyclic amines) is 1. The van der Waals surface area contributed by atoms with E-state index in [1.165, 1.54) is 7.11 Å². The van der Waals surface area contributed by atoms with Crippen molar-refractivity contribution >= 4 is 45.3 Å². The second-order valence-corrected chi connectivity index (χ2v) is 17.8. The molecule has 8 rings (SSSR count). The van der Waals surface area contributed by atoms with Gasteiger partial charge in [0.05, 0.1) is 45.2 Å². The van der Waals surface area contributed by atoms with Gasteiger partial charge in [0.15, 0.2) is 12.0 Å². The highest BCUT2D eigenvalue weighted by atomic mass is 35.5. The molecule has 0 bridgehead atoms. The molecule has 1 aromatic carbocycles. The fourth-order valence-corrected chi connectivity index (χ4v) is 9.44. The summed E-state index contributed by atoms with van der Waals surface area (Å²) < 4.78 is 49.5. The number of anilines is 1. The summed E-state index contributed by atoms with van der Waals surface area (Å²) in [5, 5.41) is 17.2. The number of β-amino-alcohol motifs (C(OH)–C–C–N with tert-alkyl or cyclic N) is 1. The summed E-state index contributed by atoms with van der Waals surface area (Å²) in [4.78, 5) is 31.6. The molecule has 3 aromatic heterocycles. The molecular formula is C41H53ClFN7O7. The molecule has 3 aliphatic heterocycles. The van der Waals surface area contributed by atoms with Crippen molar-refractivity contribution < 1.29 is 38.0 Å². The van der Waals surface area contributed by atoms with Gasteiger partial charge in [-0.25, -0.2) is 18.9 Å². The molecule has 4 aliphatic rings. The van der Waals surface area contributed by atoms with Gasteiger partial charge in [-0.15, -0.1) is 0 Å². The van der Waals surface area contributed by atoms with Gasteiger partial charge in [-0.05, 0) is 91.2 Å². The summed E-state index contributed by atoms with van der Waals surface area (Å²) in [5.74, 6) is -0.320. The molecule has 1 aliphatic carbocycles. The van der Waals surface area contributed by atoms with Gasteiger partial charge in [0, 0.05) is 47.1 Å². The monoisotopic (exact) mass is 809 g/mol. The zero-order chi connectivity index (χ0) is 40.3. The SMILES string of the molecule is COc1nc(-c2c(C)c(Cl)cc3c2cnn3C2CCCCO2)c(F)c2nc(OC[C@]34CCC[C@H]3N(C(=O)OC(C)(C)C)CCC4)nc(N3CCOC[C@@](C)(O)C3)c12. The van der Waals surface area contributed by atoms with Gasteiger partial charge in [0.25, 0.3) is 0 Å². The Kier molecular flexibility index (Phi) is 10.7. The van der Waals surface area contributed by atoms with Crippen LogP contribution in [0, 0.1) is 18.2 Å². The number of hydrogen-bond donors (Lipinski definition) is 1. The predicted molar refractivity (Wildman–Crippen MR) is 213 cm³/mol. The molecule has 6 heterocycles. The van der Waals surface area contributed by atoms with E-state index in [9.17, 15) is 9.90 Å². The first kappa shape index (κ1) is 39.8. The van der Waals surface area contributed by atoms with Crippen LogP contribution in [0.3, 0.4) is 0 Å². The molecule has 308 valence electrons. The first-order chi connectivity index (χ1) is 27.2. The van der Waals surface area contributed by atoms with Crippen LogP contribution in [0.15, 0.2) is 12.3 Å². The Morgan fingerprint density at radius 3 is 2.67 bits per heavy atom. The lowest BCUT2D eigenvalue weighted by Crippen LogP contribution is -2.55. The Bertz CT molecular complexity index is 2170. The number of ether oxygens (including phenoxy) is 5. The van der Waals surface area contributed by atoms with Crippen LogP contribution in [0.5, 0.6) is 11.9 Å². The molecule has 16 heteroatoms. The molecule has 1 amide bonds. The van der Waals surface area contributed by atoms with Crippen molar-refractivity contribution in [3.63, 3.8) is 0 Å². The van der Waals surface area contributed by atoms with E-state index in [0.717, 1.165) is 51.4 Å². The number of halogens is 2. The zero-order valence-corrected chi connectivity index (χ0v) is 34.5. The lowest BCUT2D eigenvalue weighted by Gasteiger charge is -2.46. The third-order valence-electron chi connectivity index (χ3n) is 11.8. The summed E-state index contributed by atoms with van der Waals surface area (Å²) >= 11 is 6.89. The molecule has 4 fully saturated rings. The molecule has 1 unspecified atom stereocenters. The second kappa shape index (κ2) is 15.3. The number of nitrogens with zero attached hydrogens (tertiary/aromatic N) is 7. The van der Waals surface area contributed by atoms with E-state index >= 15 is 4.39 Å². The first-order valence-electron chi connectivity index (χ1n) is 20.1. The summed E-state index contributed by atoms with van der Waals surface area (Å²) in [6, 6.07) is 1.71. The van der Waals surface area contributed by atoms with Crippen LogP contribution >= 0.6 is 11.6 Å². The van der Waals surface area contributed by atoms with E-state index < -0.39 is 17.0 Å². The Hall–Kier alpha value is -4.05. The van der Waals surface area contributed by atoms with Gasteiger partial charge in [-0.1, -0.05) is 18.0 Å². The number of rotatable bonds is 7. The van der Waals surface area contributed by atoms with Crippen molar-refractivity contribution in [1.29, 1.82) is 0 Å². The highest BCUT2D eigenvalue weighted by Gasteiger charge is 2.51. The van der Waals surface area contributed by atoms with Crippen LogP contribution in [0.25, 0.3) is 33.1 Å². The number of benzene rings is 1. The lowest BCUT2D eigenvalue weighted by atomic mass is 9.75. The molecule has 57 heavy (non-hydrogen) atoms. The molecule has 0 radical (unpaired) electrons. The van der Waals surface area contributed by atoms with Gasteiger partial charge in [-0.2, -0.15) is 15.1 Å². The Morgan fingerprint density at radius 2 is 1.91 bits per heavy atom. The molecule has 1 saturated carbocycles. The van der Waals surface area contributed by atoms with E-state index in [-0.39, 0.29) is 72.0 Å². The molecule has 0 spiro atoms. The van der Waals surface area contributed by atoms with Crippen molar-refractivity contribution in [2.75, 3.05) is 58.1 Å². The molecule has 4 aromatic rings. The first-order valence-corrected chi connectivity index (χ1v) is 20.5. The minimum Gasteiger partial charge on any atom is -0.480 e. The van der Waals surface area contributed by atoms with Crippen LogP contribution < -0.4 is 14.4 Å². The fraction of sp³-hybridized carbons (Fsp3) is 0.634. The Morgan fingerprint density at radius 1 is 1.11 bits per heavy atom. The summed E-state index contributed by atoms with van der Waals surface area (Å²) in [6.45, 7) is 11.5. The number of amides is 1. The van der Waals surface area contributed by atoms with Gasteiger partial charge >= 0.3 is 12.1 Å². The van der Waals surface area contributed by atoms with Gasteiger partial charge in [0.2, 0.25) is 5.88 Å². The Balaban J connectivity index is 1.25. The minimum atomic E-state index is -1.23. The highest BCUT2D eigenvalue weighted by Crippen LogP contribution is 2.49. The van der Waals surface area contributed by atoms with Crippen molar-refractivity contribution in [3.05, 3.63) is 28.7 Å². The number of hydrogen-bond acceptors (Lipinski definition) is 12. The van der Waals surface area contributed by atoms with Crippen LogP contribution in [0.2, 0.25) is 5.02 Å². The van der Waals surface area contributed by atoms with Gasteiger partial charge in [0.1, 0.15) is 33.6 Å². The molecule has 14 nitrogen and oxygen atoms in total. The average molecular weight is 810 g/mol. The van der Waals surface area contributed by atoms with Crippen molar-refractivity contribution in [1.82, 2.24) is 29.6 Å². The number of aliphatic hydroxyl groups is 1. The third kappa shape index (κ3) is 7.56. The highest BCUT2D eigenvalue weighted by molar-refractivity contribution is 6.33. The van der Waals surface area contributed by atoms with E-state index in [2.05, 4.69) is 0 Å². The summed E-state index contributed by atoms with van der Waals surface area (Å²) in [7, 11) is 1.47. The van der Waals surface area contributed by atoms with Gasteiger partial charge in [-0.3, -0.25) is 0 Å². The molecule has 4 atom stereocenters. The topological polar surface area (TPSA) is 146 Å². The summed E-state index contributed by atoms with van der Waals surface area (Å²) in [5.41, 5.74) is -0.508. The maximum absolute atomic E-state index is 17.6. The number of fused-ring (bicyclic) bond motifs is 3. The van der Waals surface area contributed by atoms with Crippen molar-refractivity contribution in [2.24, 2.45) is 5.41 Å². The van der Waals surface area contributed by atoms with Crippen molar-refractivity contribution in [3.8, 4) is 23.1 Å². The largest absolute Gasteiger partial charge is 0.480 e. The van der Waals surface area contributed by atoms with Crippen LogP contribution in [-0.4, -0.2) is 111 Å². The normalized spacial score (nSPS) is 25.8. The second-order valence-electron chi connectivity index (χ2n) is 17.3. The minimum absolute atomic E-state index is 0.00927. The third-order valence-corrected chi connectivity index (χ3v) is 12.2. The number of methoxy groups -OCH3 is 1. The smallest absolute Gasteiger partial charge is 0.410 e. The van der Waals surface area contributed by atoms with Gasteiger partial charge < -0.3 is 38.6 Å². The zero-order valence-electron chi connectivity index (χ0n) is 33.7. The molecule has 1 N–H and O–H groups in total. The van der Waals surface area contributed by atoms with Crippen LogP contribution in [0.1, 0.15) is 90.9 Å². The number of carbonyl (C=O) groups is 1. The van der Waals surface area contributed by atoms with E-state index in [1.807, 2.05) is 48.2 Å². The van der Waals surface area contributed by atoms with E-state index in [4.69, 9.17) is 55.3 Å². The van der Waals surface area contributed by atoms with E-state index in [0.29, 0.717) is 59.2 Å². The maximum Gasteiger partial charge on any atom is 0.410 e. The number of pyridine rings is 1. The standard InChI is InChI=1S/C41H53ClFN7O7/c1-24-26(42)19-27-25(20-44-50(27)29-12-7-8-17-55-29)30(24)33-32(43)34-31(36(45-33)53-6)35(48-16-18-54-22-40(5,52)21-48)47-37(46-34)56-23-41-13-9-11-28(41)49(15-10-14-41)38(51)57-39(2,3)4/h19-20,28-29,52H,7-18,21-23H2,1-6H3/t28-,29?,40+,41-/m1/s1. The van der Waals surface area contributed by atoms with Crippen molar-refractivity contribution in [2.45, 2.75) is 109 Å². The Labute approximate surface area is 336 Å². The summed E-state index contributed by atoms with van der Waals surface area (Å²) in [6.07, 6.45) is 8.14. The molecular weight excluding hydrogens is 757 g/mol. The quantitative estimate of drug-likeness (QED) is 0.199. The van der Waals surface area contributed by atoms with Crippen LogP contribution in [0.4, 0.5) is 15.0 Å². The maximum atomic E-state index is 17.6. The predicted octanol–water partition coefficient (Wildman–Crippen LogP) is 7.39. The lowest BCUT2D eigenvalue weighted by molar-refractivity contribution is -0.0366. The number of piperidine rings is 1. The van der Waals surface area contributed by atoms with Crippen LogP contribution in [-0.2, 0) is 14.2 Å². The van der Waals surface area contributed by atoms with E-state index in [1.54, 1.807) is 13.1 Å². The number of aromatic nitrogens is 5. The fourth-order valence-electron chi connectivity index (χ4n) is 9.25. The molecule has 3 saturated heterocycles. The average Bonchev–Trinajstić information content (AvgIpc) is 3.75. The number of carbonyl (C=O) groups excluding carboxylic acids is 1.